The van der Waals surface area contributed by atoms with Gasteiger partial charge in [-0.15, -0.1) is 0 Å². The molecule has 1 fully saturated rings. The topological polar surface area (TPSA) is 46.6 Å². The van der Waals surface area contributed by atoms with E-state index in [1.165, 1.54) is 23.5 Å². The predicted octanol–water partition coefficient (Wildman–Crippen LogP) is 3.18. The lowest BCUT2D eigenvalue weighted by Gasteiger charge is -2.26. The summed E-state index contributed by atoms with van der Waals surface area (Å²) in [5.41, 5.74) is 0. The summed E-state index contributed by atoms with van der Waals surface area (Å²) in [7, 11) is -2.12. The predicted molar refractivity (Wildman–Crippen MR) is 75.6 cm³/mol. The van der Waals surface area contributed by atoms with Crippen LogP contribution >= 0.6 is 23.2 Å². The molecular weight excluding hydrogens is 309 g/mol. The highest BCUT2D eigenvalue weighted by Crippen LogP contribution is 2.38. The van der Waals surface area contributed by atoms with E-state index in [0.29, 0.717) is 18.8 Å². The van der Waals surface area contributed by atoms with Crippen LogP contribution in [0.15, 0.2) is 17.0 Å². The number of sulfonamides is 1. The summed E-state index contributed by atoms with van der Waals surface area (Å²) in [5.74, 6) is 0.365. The van der Waals surface area contributed by atoms with Crippen LogP contribution in [0, 0.1) is 0 Å². The van der Waals surface area contributed by atoms with Crippen LogP contribution in [0.1, 0.15) is 19.3 Å². The molecule has 1 aromatic carbocycles. The van der Waals surface area contributed by atoms with E-state index in [9.17, 15) is 8.42 Å². The SMILES string of the molecule is COc1ccc(S(=O)(=O)N2CCCCC2)c(Cl)c1Cl. The molecule has 1 aromatic rings. The van der Waals surface area contributed by atoms with E-state index in [2.05, 4.69) is 0 Å². The fourth-order valence-corrected chi connectivity index (χ4v) is 4.45. The second-order valence-electron chi connectivity index (χ2n) is 4.36. The van der Waals surface area contributed by atoms with Crippen molar-refractivity contribution in [2.24, 2.45) is 0 Å². The van der Waals surface area contributed by atoms with Crippen LogP contribution in [0.5, 0.6) is 5.75 Å². The lowest BCUT2D eigenvalue weighted by Crippen LogP contribution is -2.35. The number of benzene rings is 1. The molecule has 2 rings (SSSR count). The van der Waals surface area contributed by atoms with Gasteiger partial charge in [-0.2, -0.15) is 4.31 Å². The second kappa shape index (κ2) is 5.87. The van der Waals surface area contributed by atoms with Gasteiger partial charge in [-0.25, -0.2) is 8.42 Å². The van der Waals surface area contributed by atoms with Gasteiger partial charge >= 0.3 is 0 Å². The zero-order valence-electron chi connectivity index (χ0n) is 10.5. The van der Waals surface area contributed by atoms with E-state index in [1.807, 2.05) is 0 Å². The van der Waals surface area contributed by atoms with E-state index < -0.39 is 10.0 Å². The van der Waals surface area contributed by atoms with E-state index in [0.717, 1.165) is 19.3 Å². The molecule has 0 aromatic heterocycles. The van der Waals surface area contributed by atoms with E-state index >= 15 is 0 Å². The van der Waals surface area contributed by atoms with Crippen molar-refractivity contribution in [2.75, 3.05) is 20.2 Å². The van der Waals surface area contributed by atoms with E-state index in [4.69, 9.17) is 27.9 Å². The minimum atomic E-state index is -3.58. The number of methoxy groups -OCH3 is 1. The molecule has 106 valence electrons. The third-order valence-corrected chi connectivity index (χ3v) is 6.08. The molecular formula is C12H15Cl2NO3S. The third-order valence-electron chi connectivity index (χ3n) is 3.16. The van der Waals surface area contributed by atoms with E-state index in [-0.39, 0.29) is 14.9 Å². The van der Waals surface area contributed by atoms with E-state index in [1.54, 1.807) is 0 Å². The number of nitrogens with zero attached hydrogens (tertiary/aromatic N) is 1. The fourth-order valence-electron chi connectivity index (χ4n) is 2.12. The van der Waals surface area contributed by atoms with Crippen LogP contribution in [0.3, 0.4) is 0 Å². The highest BCUT2D eigenvalue weighted by molar-refractivity contribution is 7.89. The lowest BCUT2D eigenvalue weighted by atomic mass is 10.2. The molecule has 7 heteroatoms. The molecule has 0 spiro atoms. The molecule has 19 heavy (non-hydrogen) atoms. The highest BCUT2D eigenvalue weighted by Gasteiger charge is 2.29. The van der Waals surface area contributed by atoms with Crippen LogP contribution in [0.2, 0.25) is 10.0 Å². The quantitative estimate of drug-likeness (QED) is 0.858. The Balaban J connectivity index is 2.43. The Morgan fingerprint density at radius 1 is 1.11 bits per heavy atom. The Hall–Kier alpha value is -0.490. The molecule has 0 radical (unpaired) electrons. The van der Waals surface area contributed by atoms with Crippen LogP contribution in [-0.4, -0.2) is 32.9 Å². The summed E-state index contributed by atoms with van der Waals surface area (Å²) in [6, 6.07) is 2.96. The molecule has 0 amide bonds. The normalized spacial score (nSPS) is 17.4. The number of hydrogen-bond acceptors (Lipinski definition) is 3. The number of hydrogen-bond donors (Lipinski definition) is 0. The molecule has 0 atom stereocenters. The Morgan fingerprint density at radius 2 is 1.74 bits per heavy atom. The van der Waals surface area contributed by atoms with Crippen LogP contribution in [-0.2, 0) is 10.0 Å². The minimum absolute atomic E-state index is 0.0200. The molecule has 0 aliphatic carbocycles. The Labute approximate surface area is 123 Å². The van der Waals surface area contributed by atoms with Gasteiger partial charge in [0, 0.05) is 13.1 Å². The van der Waals surface area contributed by atoms with Gasteiger partial charge in [0.1, 0.15) is 15.7 Å². The molecule has 0 bridgehead atoms. The van der Waals surface area contributed by atoms with Crippen LogP contribution in [0.25, 0.3) is 0 Å². The molecule has 0 N–H and O–H groups in total. The average Bonchev–Trinajstić information content (AvgIpc) is 2.42. The van der Waals surface area contributed by atoms with Crippen molar-refractivity contribution in [1.29, 1.82) is 0 Å². The first-order chi connectivity index (χ1) is 8.98. The van der Waals surface area contributed by atoms with Crippen molar-refractivity contribution < 1.29 is 13.2 Å². The Kier molecular flexibility index (Phi) is 4.61. The number of rotatable bonds is 3. The standard InChI is InChI=1S/C12H15Cl2NO3S/c1-18-9-5-6-10(12(14)11(9)13)19(16,17)15-7-3-2-4-8-15/h5-6H,2-4,7-8H2,1H3. The van der Waals surface area contributed by atoms with Gasteiger partial charge in [-0.1, -0.05) is 29.6 Å². The van der Waals surface area contributed by atoms with Crippen molar-refractivity contribution in [3.63, 3.8) is 0 Å². The molecule has 1 aliphatic rings. The first kappa shape index (κ1) is 14.9. The molecule has 1 aliphatic heterocycles. The first-order valence-corrected chi connectivity index (χ1v) is 8.20. The Bertz CT molecular complexity index is 569. The number of halogens is 2. The summed E-state index contributed by atoms with van der Waals surface area (Å²) in [6.45, 7) is 1.06. The van der Waals surface area contributed by atoms with Gasteiger partial charge in [0.25, 0.3) is 0 Å². The number of ether oxygens (including phenoxy) is 1. The number of piperidine rings is 1. The monoisotopic (exact) mass is 323 g/mol. The zero-order valence-corrected chi connectivity index (χ0v) is 12.9. The minimum Gasteiger partial charge on any atom is -0.495 e. The summed E-state index contributed by atoms with van der Waals surface area (Å²) in [6.07, 6.45) is 2.81. The highest BCUT2D eigenvalue weighted by atomic mass is 35.5. The molecule has 0 unspecified atom stereocenters. The van der Waals surface area contributed by atoms with Gasteiger partial charge in [-0.05, 0) is 25.0 Å². The van der Waals surface area contributed by atoms with Crippen molar-refractivity contribution >= 4 is 33.2 Å². The van der Waals surface area contributed by atoms with Crippen LogP contribution < -0.4 is 4.74 Å². The van der Waals surface area contributed by atoms with Crippen molar-refractivity contribution in [1.82, 2.24) is 4.31 Å². The smallest absolute Gasteiger partial charge is 0.244 e. The maximum absolute atomic E-state index is 12.5. The Morgan fingerprint density at radius 3 is 2.32 bits per heavy atom. The van der Waals surface area contributed by atoms with Gasteiger partial charge in [-0.3, -0.25) is 0 Å². The largest absolute Gasteiger partial charge is 0.495 e. The summed E-state index contributed by atoms with van der Waals surface area (Å²) in [5, 5.41) is 0.147. The second-order valence-corrected chi connectivity index (χ2v) is 7.02. The van der Waals surface area contributed by atoms with Gasteiger partial charge in [0.15, 0.2) is 0 Å². The third kappa shape index (κ3) is 2.84. The maximum Gasteiger partial charge on any atom is 0.244 e. The van der Waals surface area contributed by atoms with Crippen LogP contribution in [0.4, 0.5) is 0 Å². The van der Waals surface area contributed by atoms with Crippen molar-refractivity contribution in [2.45, 2.75) is 24.2 Å². The van der Waals surface area contributed by atoms with Gasteiger partial charge < -0.3 is 4.74 Å². The molecule has 4 nitrogen and oxygen atoms in total. The van der Waals surface area contributed by atoms with Gasteiger partial charge in [0.05, 0.1) is 12.1 Å². The fraction of sp³-hybridized carbons (Fsp3) is 0.500. The molecule has 1 heterocycles. The summed E-state index contributed by atoms with van der Waals surface area (Å²) in [4.78, 5) is 0.0434. The maximum atomic E-state index is 12.5. The first-order valence-electron chi connectivity index (χ1n) is 6.00. The van der Waals surface area contributed by atoms with Crippen molar-refractivity contribution in [3.8, 4) is 5.75 Å². The van der Waals surface area contributed by atoms with Crippen molar-refractivity contribution in [3.05, 3.63) is 22.2 Å². The molecule has 1 saturated heterocycles. The average molecular weight is 324 g/mol. The zero-order chi connectivity index (χ0) is 14.0. The summed E-state index contributed by atoms with van der Waals surface area (Å²) >= 11 is 12.1. The molecule has 0 saturated carbocycles. The summed E-state index contributed by atoms with van der Waals surface area (Å²) < 4.78 is 31.5. The van der Waals surface area contributed by atoms with Gasteiger partial charge in [0.2, 0.25) is 10.0 Å². The lowest BCUT2D eigenvalue weighted by molar-refractivity contribution is 0.346.